The van der Waals surface area contributed by atoms with E-state index in [1.807, 2.05) is 12.1 Å². The molecule has 0 bridgehead atoms. The number of halogens is 1. The number of hydrogen-bond acceptors (Lipinski definition) is 6. The van der Waals surface area contributed by atoms with Crippen LogP contribution in [0.4, 0.5) is 11.4 Å². The van der Waals surface area contributed by atoms with Crippen LogP contribution in [0.2, 0.25) is 5.02 Å². The Balaban J connectivity index is 1.82. The van der Waals surface area contributed by atoms with Gasteiger partial charge in [-0.3, -0.25) is 8.98 Å². The van der Waals surface area contributed by atoms with Crippen LogP contribution in [-0.2, 0) is 20.7 Å². The third-order valence-electron chi connectivity index (χ3n) is 6.22. The lowest BCUT2D eigenvalue weighted by atomic mass is 9.81. The van der Waals surface area contributed by atoms with Crippen LogP contribution >= 0.6 is 11.6 Å². The van der Waals surface area contributed by atoms with Crippen LogP contribution < -0.4 is 10.9 Å². The summed E-state index contributed by atoms with van der Waals surface area (Å²) in [5, 5.41) is 14.0. The fourth-order valence-corrected chi connectivity index (χ4v) is 6.09. The number of carboxylic acid groups (broad SMARTS) is 1. The molecule has 1 aliphatic rings. The van der Waals surface area contributed by atoms with Crippen molar-refractivity contribution in [1.82, 2.24) is 4.98 Å². The van der Waals surface area contributed by atoms with Gasteiger partial charge in [0.25, 0.3) is 15.7 Å². The van der Waals surface area contributed by atoms with E-state index in [4.69, 9.17) is 15.8 Å². The van der Waals surface area contributed by atoms with E-state index in [-0.39, 0.29) is 27.8 Å². The van der Waals surface area contributed by atoms with Crippen molar-refractivity contribution in [1.29, 1.82) is 0 Å². The Bertz CT molecular complexity index is 1740. The zero-order valence-electron chi connectivity index (χ0n) is 19.3. The number of rotatable bonds is 6. The number of aryl methyl sites for hydroxylation is 1. The highest BCUT2D eigenvalue weighted by molar-refractivity contribution is 7.87. The molecule has 0 saturated carbocycles. The van der Waals surface area contributed by atoms with E-state index in [1.165, 1.54) is 6.07 Å². The molecule has 184 valence electrons. The van der Waals surface area contributed by atoms with Crippen molar-refractivity contribution in [2.75, 3.05) is 11.9 Å². The van der Waals surface area contributed by atoms with Gasteiger partial charge in [-0.1, -0.05) is 35.9 Å². The highest BCUT2D eigenvalue weighted by Crippen LogP contribution is 2.44. The topological polar surface area (TPSA) is 126 Å². The number of carbonyl (C=O) groups is 1. The van der Waals surface area contributed by atoms with Gasteiger partial charge in [0.05, 0.1) is 17.8 Å². The van der Waals surface area contributed by atoms with Gasteiger partial charge in [-0.2, -0.15) is 8.42 Å². The summed E-state index contributed by atoms with van der Waals surface area (Å²) in [4.78, 5) is 27.6. The molecule has 0 unspecified atom stereocenters. The number of anilines is 2. The van der Waals surface area contributed by atoms with Crippen molar-refractivity contribution in [2.45, 2.75) is 25.2 Å². The number of aromatic amines is 1. The molecule has 8 nitrogen and oxygen atoms in total. The molecule has 5 rings (SSSR count). The molecule has 0 fully saturated rings. The van der Waals surface area contributed by atoms with E-state index < -0.39 is 21.6 Å². The molecule has 0 spiro atoms. The summed E-state index contributed by atoms with van der Waals surface area (Å²) in [6, 6.07) is 13.6. The molecule has 10 heteroatoms. The fourth-order valence-electron chi connectivity index (χ4n) is 4.76. The molecule has 0 aliphatic heterocycles. The van der Waals surface area contributed by atoms with E-state index in [9.17, 15) is 23.1 Å². The summed E-state index contributed by atoms with van der Waals surface area (Å²) in [7, 11) is -4.09. The summed E-state index contributed by atoms with van der Waals surface area (Å²) < 4.78 is 30.6. The Morgan fingerprint density at radius 1 is 1.17 bits per heavy atom. The van der Waals surface area contributed by atoms with Crippen molar-refractivity contribution < 1.29 is 22.5 Å². The zero-order chi connectivity index (χ0) is 25.8. The van der Waals surface area contributed by atoms with Crippen LogP contribution in [-0.4, -0.2) is 31.1 Å². The molecule has 3 aromatic carbocycles. The normalized spacial score (nSPS) is 12.4. The van der Waals surface area contributed by atoms with Crippen molar-refractivity contribution in [3.63, 3.8) is 0 Å². The molecule has 0 amide bonds. The Morgan fingerprint density at radius 3 is 2.64 bits per heavy atom. The minimum absolute atomic E-state index is 0.0416. The predicted molar refractivity (Wildman–Crippen MR) is 138 cm³/mol. The second-order valence-corrected chi connectivity index (χ2v) is 10.5. The predicted octanol–water partition coefficient (Wildman–Crippen LogP) is 5.23. The number of nitrogens with one attached hydrogen (secondary N) is 2. The number of fused-ring (bicyclic) bond motifs is 2. The van der Waals surface area contributed by atoms with E-state index >= 15 is 0 Å². The molecule has 3 N–H and O–H groups in total. The second kappa shape index (κ2) is 8.77. The molecule has 0 radical (unpaired) electrons. The van der Waals surface area contributed by atoms with E-state index in [2.05, 4.69) is 10.3 Å². The highest BCUT2D eigenvalue weighted by Gasteiger charge is 2.29. The lowest BCUT2D eigenvalue weighted by Crippen LogP contribution is -2.22. The molecule has 1 aliphatic carbocycles. The average molecular weight is 525 g/mol. The summed E-state index contributed by atoms with van der Waals surface area (Å²) in [5.74, 6) is -1.32. The van der Waals surface area contributed by atoms with Gasteiger partial charge < -0.3 is 15.4 Å². The van der Waals surface area contributed by atoms with Gasteiger partial charge in [0.15, 0.2) is 0 Å². The Hall–Kier alpha value is -3.66. The van der Waals surface area contributed by atoms with Crippen LogP contribution in [0.25, 0.3) is 22.0 Å². The van der Waals surface area contributed by atoms with Crippen molar-refractivity contribution in [2.24, 2.45) is 0 Å². The molecule has 36 heavy (non-hydrogen) atoms. The van der Waals surface area contributed by atoms with Gasteiger partial charge in [0, 0.05) is 28.1 Å². The molecule has 0 atom stereocenters. The summed E-state index contributed by atoms with van der Waals surface area (Å²) >= 11 is 6.10. The minimum Gasteiger partial charge on any atom is -0.477 e. The fraction of sp³-hybridized carbons (Fsp3) is 0.154. The molecule has 1 heterocycles. The molecule has 1 aromatic heterocycles. The third-order valence-corrected chi connectivity index (χ3v) is 7.88. The minimum atomic E-state index is -4.09. The maximum absolute atomic E-state index is 12.8. The van der Waals surface area contributed by atoms with Gasteiger partial charge in [-0.05, 0) is 60.4 Å². The van der Waals surface area contributed by atoms with Crippen LogP contribution in [0.15, 0.2) is 58.2 Å². The number of hydrogen-bond donors (Lipinski definition) is 3. The Morgan fingerprint density at radius 2 is 1.92 bits per heavy atom. The van der Waals surface area contributed by atoms with Gasteiger partial charge in [0.1, 0.15) is 10.5 Å². The van der Waals surface area contributed by atoms with E-state index in [0.717, 1.165) is 11.1 Å². The molecule has 4 aromatic rings. The van der Waals surface area contributed by atoms with Crippen LogP contribution in [0.5, 0.6) is 0 Å². The van der Waals surface area contributed by atoms with Gasteiger partial charge in [-0.15, -0.1) is 0 Å². The first-order valence-corrected chi connectivity index (χ1v) is 12.9. The Labute approximate surface area is 211 Å². The summed E-state index contributed by atoms with van der Waals surface area (Å²) in [6.45, 7) is 3.33. The number of H-pyrrole nitrogens is 1. The lowest BCUT2D eigenvalue weighted by Gasteiger charge is -2.26. The quantitative estimate of drug-likeness (QED) is 0.260. The maximum atomic E-state index is 12.8. The number of aromatic nitrogens is 1. The molecular formula is C26H21ClN2O6S. The first-order valence-electron chi connectivity index (χ1n) is 11.1. The SMILES string of the molecule is CCOS(=O)(=O)c1cc(Cl)ccc1Nc1cc(C)c2[nH]c(=O)c(C(=O)O)c3c2c1Cc1ccccc1-3. The average Bonchev–Trinajstić information content (AvgIpc) is 2.82. The van der Waals surface area contributed by atoms with E-state index in [1.54, 1.807) is 44.2 Å². The number of pyridine rings is 1. The lowest BCUT2D eigenvalue weighted by molar-refractivity contribution is 0.0696. The summed E-state index contributed by atoms with van der Waals surface area (Å²) in [5.41, 5.74) is 3.66. The number of carboxylic acids is 1. The molecular weight excluding hydrogens is 504 g/mol. The van der Waals surface area contributed by atoms with Gasteiger partial charge in [-0.25, -0.2) is 4.79 Å². The maximum Gasteiger partial charge on any atom is 0.342 e. The number of aromatic carboxylic acids is 1. The largest absolute Gasteiger partial charge is 0.477 e. The number of benzene rings is 3. The zero-order valence-corrected chi connectivity index (χ0v) is 20.9. The summed E-state index contributed by atoms with van der Waals surface area (Å²) in [6.07, 6.45) is 0.439. The molecule has 0 saturated heterocycles. The first-order chi connectivity index (χ1) is 17.1. The smallest absolute Gasteiger partial charge is 0.342 e. The third kappa shape index (κ3) is 3.85. The van der Waals surface area contributed by atoms with Crippen LogP contribution in [0.1, 0.15) is 34.0 Å². The van der Waals surface area contributed by atoms with E-state index in [0.29, 0.717) is 39.7 Å². The standard InChI is InChI=1S/C26H21ClN2O6S/c1-3-35-36(33,34)20-12-15(27)8-9-18(20)28-19-10-13(2)24-22-17(19)11-14-6-4-5-7-16(14)21(22)23(26(31)32)25(30)29-24/h4-10,12,28H,3,11H2,1-2H3,(H,29,30)(H,31,32). The second-order valence-electron chi connectivity index (χ2n) is 8.44. The first kappa shape index (κ1) is 24.1. The van der Waals surface area contributed by atoms with Crippen molar-refractivity contribution in [3.8, 4) is 11.1 Å². The van der Waals surface area contributed by atoms with Crippen molar-refractivity contribution in [3.05, 3.63) is 86.2 Å². The van der Waals surface area contributed by atoms with Crippen molar-refractivity contribution >= 4 is 50.0 Å². The van der Waals surface area contributed by atoms with Crippen LogP contribution in [0, 0.1) is 6.92 Å². The van der Waals surface area contributed by atoms with Gasteiger partial charge >= 0.3 is 5.97 Å². The monoisotopic (exact) mass is 524 g/mol. The Kier molecular flexibility index (Phi) is 5.86. The highest BCUT2D eigenvalue weighted by atomic mass is 35.5. The van der Waals surface area contributed by atoms with Crippen LogP contribution in [0.3, 0.4) is 0 Å². The van der Waals surface area contributed by atoms with Gasteiger partial charge in [0.2, 0.25) is 0 Å².